The van der Waals surface area contributed by atoms with E-state index in [-0.39, 0.29) is 36.1 Å². The smallest absolute Gasteiger partial charge is 0.191 e. The first kappa shape index (κ1) is 26.5. The maximum absolute atomic E-state index is 5.76. The third-order valence-electron chi connectivity index (χ3n) is 5.98. The van der Waals surface area contributed by atoms with Gasteiger partial charge in [0.1, 0.15) is 11.5 Å². The fraction of sp³-hybridized carbons (Fsp3) is 0.542. The van der Waals surface area contributed by atoms with Crippen molar-refractivity contribution in [1.82, 2.24) is 20.4 Å². The maximum atomic E-state index is 5.76. The van der Waals surface area contributed by atoms with E-state index in [1.165, 1.54) is 24.8 Å². The van der Waals surface area contributed by atoms with E-state index in [2.05, 4.69) is 57.7 Å². The standard InChI is InChI=1S/C24H37N5O2.HI/c1-25-24(26-17-21(28(2)3)19-10-12-20(30-4)13-11-19)27-18-22(23-9-8-16-31-23)29-14-6-5-7-15-29;/h8-13,16,21-22H,5-7,14-15,17-18H2,1-4H3,(H2,25,26,27);1H. The summed E-state index contributed by atoms with van der Waals surface area (Å²) >= 11 is 0. The van der Waals surface area contributed by atoms with E-state index in [0.717, 1.165) is 43.6 Å². The molecule has 1 aliphatic heterocycles. The molecule has 1 fully saturated rings. The lowest BCUT2D eigenvalue weighted by atomic mass is 10.1. The summed E-state index contributed by atoms with van der Waals surface area (Å²) in [6.45, 7) is 3.72. The van der Waals surface area contributed by atoms with Crippen LogP contribution < -0.4 is 15.4 Å². The highest BCUT2D eigenvalue weighted by molar-refractivity contribution is 14.0. The Kier molecular flexibility index (Phi) is 11.3. The molecule has 2 aromatic rings. The zero-order valence-electron chi connectivity index (χ0n) is 19.7. The Morgan fingerprint density at radius 2 is 1.78 bits per heavy atom. The zero-order valence-corrected chi connectivity index (χ0v) is 22.0. The lowest BCUT2D eigenvalue weighted by molar-refractivity contribution is 0.146. The number of hydrogen-bond acceptors (Lipinski definition) is 5. The van der Waals surface area contributed by atoms with Gasteiger partial charge in [-0.15, -0.1) is 24.0 Å². The van der Waals surface area contributed by atoms with Crippen molar-refractivity contribution in [3.05, 3.63) is 54.0 Å². The highest BCUT2D eigenvalue weighted by Crippen LogP contribution is 2.24. The Balaban J connectivity index is 0.00000363. The number of aliphatic imine (C=N–C) groups is 1. The second kappa shape index (κ2) is 13.7. The van der Waals surface area contributed by atoms with Gasteiger partial charge in [0.25, 0.3) is 0 Å². The van der Waals surface area contributed by atoms with Crippen LogP contribution in [0.15, 0.2) is 52.1 Å². The van der Waals surface area contributed by atoms with Crippen molar-refractivity contribution in [2.24, 2.45) is 4.99 Å². The lowest BCUT2D eigenvalue weighted by Gasteiger charge is -2.34. The van der Waals surface area contributed by atoms with E-state index in [1.807, 2.05) is 25.2 Å². The number of hydrogen-bond donors (Lipinski definition) is 2. The molecule has 32 heavy (non-hydrogen) atoms. The third-order valence-corrected chi connectivity index (χ3v) is 5.98. The van der Waals surface area contributed by atoms with E-state index in [1.54, 1.807) is 13.4 Å². The topological polar surface area (TPSA) is 65.3 Å². The van der Waals surface area contributed by atoms with Crippen LogP contribution in [-0.2, 0) is 0 Å². The average molecular weight is 556 g/mol. The number of likely N-dealkylation sites (tertiary alicyclic amines) is 1. The largest absolute Gasteiger partial charge is 0.497 e. The van der Waals surface area contributed by atoms with Crippen LogP contribution in [-0.4, -0.2) is 70.2 Å². The summed E-state index contributed by atoms with van der Waals surface area (Å²) in [6.07, 6.45) is 5.57. The van der Waals surface area contributed by atoms with Crippen LogP contribution in [0.1, 0.15) is 42.7 Å². The second-order valence-electron chi connectivity index (χ2n) is 8.21. The van der Waals surface area contributed by atoms with Gasteiger partial charge in [0.15, 0.2) is 5.96 Å². The van der Waals surface area contributed by atoms with Crippen LogP contribution in [0.4, 0.5) is 0 Å². The predicted molar refractivity (Wildman–Crippen MR) is 141 cm³/mol. The Labute approximate surface area is 209 Å². The van der Waals surface area contributed by atoms with Crippen molar-refractivity contribution < 1.29 is 9.15 Å². The molecular formula is C24H38IN5O2. The fourth-order valence-corrected chi connectivity index (χ4v) is 4.15. The molecule has 178 valence electrons. The first-order chi connectivity index (χ1) is 15.1. The molecule has 1 saturated heterocycles. The zero-order chi connectivity index (χ0) is 22.1. The summed E-state index contributed by atoms with van der Waals surface area (Å²) in [6, 6.07) is 12.7. The molecule has 3 rings (SSSR count). The molecule has 0 aliphatic carbocycles. The van der Waals surface area contributed by atoms with Gasteiger partial charge in [-0.25, -0.2) is 0 Å². The van der Waals surface area contributed by atoms with E-state index < -0.39 is 0 Å². The number of likely N-dealkylation sites (N-methyl/N-ethyl adjacent to an activating group) is 1. The number of halogens is 1. The van der Waals surface area contributed by atoms with Crippen LogP contribution in [0.25, 0.3) is 0 Å². The number of piperidine rings is 1. The molecule has 0 spiro atoms. The van der Waals surface area contributed by atoms with Crippen molar-refractivity contribution in [1.29, 1.82) is 0 Å². The molecular weight excluding hydrogens is 517 g/mol. The number of guanidine groups is 1. The van der Waals surface area contributed by atoms with Crippen LogP contribution >= 0.6 is 24.0 Å². The Bertz CT molecular complexity index is 789. The summed E-state index contributed by atoms with van der Waals surface area (Å²) in [4.78, 5) is 9.17. The first-order valence-electron chi connectivity index (χ1n) is 11.1. The van der Waals surface area contributed by atoms with E-state index >= 15 is 0 Å². The molecule has 1 aromatic carbocycles. The highest BCUT2D eigenvalue weighted by Gasteiger charge is 2.25. The number of nitrogens with one attached hydrogen (secondary N) is 2. The minimum Gasteiger partial charge on any atom is -0.497 e. The van der Waals surface area contributed by atoms with Gasteiger partial charge in [0.05, 0.1) is 25.5 Å². The molecule has 1 aliphatic rings. The Hall–Kier alpha value is -1.78. The fourth-order valence-electron chi connectivity index (χ4n) is 4.15. The number of furan rings is 1. The average Bonchev–Trinajstić information content (AvgIpc) is 3.33. The van der Waals surface area contributed by atoms with Gasteiger partial charge in [0.2, 0.25) is 0 Å². The molecule has 2 unspecified atom stereocenters. The molecule has 2 heterocycles. The third kappa shape index (κ3) is 7.38. The van der Waals surface area contributed by atoms with Gasteiger partial charge in [-0.2, -0.15) is 0 Å². The van der Waals surface area contributed by atoms with Gasteiger partial charge in [-0.3, -0.25) is 9.89 Å². The van der Waals surface area contributed by atoms with Crippen LogP contribution in [0.5, 0.6) is 5.75 Å². The molecule has 2 atom stereocenters. The van der Waals surface area contributed by atoms with E-state index in [9.17, 15) is 0 Å². The summed E-state index contributed by atoms with van der Waals surface area (Å²) in [5.74, 6) is 2.68. The monoisotopic (exact) mass is 555 g/mol. The van der Waals surface area contributed by atoms with Crippen molar-refractivity contribution in [2.75, 3.05) is 54.4 Å². The summed E-state index contributed by atoms with van der Waals surface area (Å²) in [5.41, 5.74) is 1.23. The van der Waals surface area contributed by atoms with Gasteiger partial charge in [-0.1, -0.05) is 18.6 Å². The molecule has 0 radical (unpaired) electrons. The quantitative estimate of drug-likeness (QED) is 0.278. The number of methoxy groups -OCH3 is 1. The first-order valence-corrected chi connectivity index (χ1v) is 11.1. The van der Waals surface area contributed by atoms with Crippen LogP contribution in [0.3, 0.4) is 0 Å². The van der Waals surface area contributed by atoms with Crippen molar-refractivity contribution >= 4 is 29.9 Å². The van der Waals surface area contributed by atoms with E-state index in [0.29, 0.717) is 0 Å². The second-order valence-corrected chi connectivity index (χ2v) is 8.21. The summed E-state index contributed by atoms with van der Waals surface area (Å²) in [7, 11) is 7.69. The number of rotatable bonds is 9. The van der Waals surface area contributed by atoms with E-state index in [4.69, 9.17) is 9.15 Å². The van der Waals surface area contributed by atoms with Gasteiger partial charge in [0, 0.05) is 20.1 Å². The molecule has 7 nitrogen and oxygen atoms in total. The van der Waals surface area contributed by atoms with Crippen LogP contribution in [0.2, 0.25) is 0 Å². The van der Waals surface area contributed by atoms with Gasteiger partial charge < -0.3 is 24.7 Å². The maximum Gasteiger partial charge on any atom is 0.191 e. The molecule has 0 amide bonds. The lowest BCUT2D eigenvalue weighted by Crippen LogP contribution is -2.46. The molecule has 2 N–H and O–H groups in total. The summed E-state index contributed by atoms with van der Waals surface area (Å²) < 4.78 is 11.1. The molecule has 0 bridgehead atoms. The van der Waals surface area contributed by atoms with Crippen molar-refractivity contribution in [3.8, 4) is 5.75 Å². The number of benzene rings is 1. The Morgan fingerprint density at radius 1 is 1.09 bits per heavy atom. The van der Waals surface area contributed by atoms with Gasteiger partial charge in [-0.05, 0) is 69.9 Å². The minimum atomic E-state index is 0. The normalized spacial score (nSPS) is 16.8. The molecule has 8 heteroatoms. The SMILES string of the molecule is CN=C(NCC(c1ccc(OC)cc1)N(C)C)NCC(c1ccco1)N1CCCCC1.I. The van der Waals surface area contributed by atoms with Gasteiger partial charge >= 0.3 is 0 Å². The summed E-state index contributed by atoms with van der Waals surface area (Å²) in [5, 5.41) is 7.02. The minimum absolute atomic E-state index is 0. The van der Waals surface area contributed by atoms with Crippen molar-refractivity contribution in [2.45, 2.75) is 31.3 Å². The number of ether oxygens (including phenoxy) is 1. The number of nitrogens with zero attached hydrogens (tertiary/aromatic N) is 3. The van der Waals surface area contributed by atoms with Crippen LogP contribution in [0, 0.1) is 0 Å². The molecule has 1 aromatic heterocycles. The molecule has 0 saturated carbocycles. The predicted octanol–water partition coefficient (Wildman–Crippen LogP) is 3.90. The van der Waals surface area contributed by atoms with Crippen molar-refractivity contribution in [3.63, 3.8) is 0 Å². The Morgan fingerprint density at radius 3 is 2.34 bits per heavy atom. The highest BCUT2D eigenvalue weighted by atomic mass is 127.